The molecule has 1 aliphatic heterocycles. The number of oxime groups is 1. The van der Waals surface area contributed by atoms with Crippen molar-refractivity contribution >= 4 is 21.4 Å². The van der Waals surface area contributed by atoms with E-state index >= 15 is 0 Å². The van der Waals surface area contributed by atoms with Crippen molar-refractivity contribution in [3.05, 3.63) is 94.8 Å². The first-order chi connectivity index (χ1) is 18.0. The van der Waals surface area contributed by atoms with E-state index in [1.54, 1.807) is 43.5 Å². The Kier molecular flexibility index (Phi) is 8.08. The van der Waals surface area contributed by atoms with Gasteiger partial charge in [0.1, 0.15) is 0 Å². The van der Waals surface area contributed by atoms with Crippen LogP contribution < -0.4 is 4.90 Å². The van der Waals surface area contributed by atoms with Crippen LogP contribution in [0.2, 0.25) is 0 Å². The van der Waals surface area contributed by atoms with Crippen LogP contribution in [-0.4, -0.2) is 61.1 Å². The first-order valence-corrected chi connectivity index (χ1v) is 13.9. The smallest absolute Gasteiger partial charge is 0.411 e. The van der Waals surface area contributed by atoms with Crippen molar-refractivity contribution in [3.8, 4) is 0 Å². The van der Waals surface area contributed by atoms with Gasteiger partial charge in [0.2, 0.25) is 10.0 Å². The first-order valence-electron chi connectivity index (χ1n) is 12.1. The molecule has 1 N–H and O–H groups in total. The number of halogens is 3. The minimum absolute atomic E-state index is 0.0272. The maximum Gasteiger partial charge on any atom is 0.416 e. The van der Waals surface area contributed by atoms with Gasteiger partial charge in [0.25, 0.3) is 0 Å². The van der Waals surface area contributed by atoms with Crippen LogP contribution in [0, 0.1) is 6.92 Å². The van der Waals surface area contributed by atoms with Crippen molar-refractivity contribution in [2.24, 2.45) is 5.16 Å². The van der Waals surface area contributed by atoms with Gasteiger partial charge in [-0.25, -0.2) is 8.42 Å². The molecule has 0 radical (unpaired) electrons. The molecule has 0 spiro atoms. The lowest BCUT2D eigenvalue weighted by molar-refractivity contribution is -0.138. The number of hydrogen-bond donors (Lipinski definition) is 1. The molecular formula is C27H29F3N4O3S. The molecule has 1 fully saturated rings. The number of aromatic nitrogens is 1. The topological polar surface area (TPSA) is 86.1 Å². The van der Waals surface area contributed by atoms with Crippen molar-refractivity contribution in [1.82, 2.24) is 9.29 Å². The molecule has 1 unspecified atom stereocenters. The summed E-state index contributed by atoms with van der Waals surface area (Å²) in [5.41, 5.74) is 2.35. The highest BCUT2D eigenvalue weighted by Crippen LogP contribution is 2.40. The number of sulfonamides is 1. The highest BCUT2D eigenvalue weighted by atomic mass is 32.2. The summed E-state index contributed by atoms with van der Waals surface area (Å²) in [6.45, 7) is 3.53. The molecule has 4 rings (SSSR count). The number of pyridine rings is 1. The predicted octanol–water partition coefficient (Wildman–Crippen LogP) is 4.89. The number of rotatable bonds is 7. The van der Waals surface area contributed by atoms with E-state index in [1.807, 2.05) is 17.0 Å². The van der Waals surface area contributed by atoms with Gasteiger partial charge in [0.15, 0.2) is 0 Å². The van der Waals surface area contributed by atoms with Gasteiger partial charge in [-0.05, 0) is 48.4 Å². The fourth-order valence-electron chi connectivity index (χ4n) is 4.80. The second kappa shape index (κ2) is 11.1. The van der Waals surface area contributed by atoms with Crippen LogP contribution in [0.1, 0.15) is 40.3 Å². The van der Waals surface area contributed by atoms with Crippen LogP contribution in [0.3, 0.4) is 0 Å². The Morgan fingerprint density at radius 3 is 2.29 bits per heavy atom. The van der Waals surface area contributed by atoms with Gasteiger partial charge in [-0.3, -0.25) is 4.98 Å². The summed E-state index contributed by atoms with van der Waals surface area (Å²) in [5.74, 6) is -0.747. The fourth-order valence-corrected chi connectivity index (χ4v) is 5.62. The fraction of sp³-hybridized carbons (Fsp3) is 0.333. The normalized spacial score (nSPS) is 16.4. The van der Waals surface area contributed by atoms with E-state index in [2.05, 4.69) is 10.1 Å². The van der Waals surface area contributed by atoms with E-state index in [4.69, 9.17) is 0 Å². The molecule has 1 saturated heterocycles. The number of piperazine rings is 1. The van der Waals surface area contributed by atoms with Crippen LogP contribution in [0.4, 0.5) is 18.9 Å². The van der Waals surface area contributed by atoms with E-state index in [9.17, 15) is 26.8 Å². The minimum atomic E-state index is -4.56. The number of anilines is 1. The molecular weight excluding hydrogens is 517 g/mol. The third kappa shape index (κ3) is 6.33. The molecule has 11 heteroatoms. The van der Waals surface area contributed by atoms with Crippen molar-refractivity contribution in [2.75, 3.05) is 37.3 Å². The van der Waals surface area contributed by atoms with Crippen molar-refractivity contribution in [2.45, 2.75) is 25.4 Å². The van der Waals surface area contributed by atoms with E-state index in [1.165, 1.54) is 22.7 Å². The number of alkyl halides is 3. The maximum atomic E-state index is 14.0. The largest absolute Gasteiger partial charge is 0.416 e. The average Bonchev–Trinajstić information content (AvgIpc) is 2.89. The summed E-state index contributed by atoms with van der Waals surface area (Å²) < 4.78 is 67.1. The van der Waals surface area contributed by atoms with Gasteiger partial charge >= 0.3 is 6.18 Å². The summed E-state index contributed by atoms with van der Waals surface area (Å²) in [6.07, 6.45) is -1.78. The van der Waals surface area contributed by atoms with Crippen LogP contribution >= 0.6 is 0 Å². The molecule has 2 aromatic carbocycles. The second-order valence-electron chi connectivity index (χ2n) is 9.31. The quantitative estimate of drug-likeness (QED) is 0.259. The zero-order valence-corrected chi connectivity index (χ0v) is 21.9. The first kappa shape index (κ1) is 27.6. The summed E-state index contributed by atoms with van der Waals surface area (Å²) in [6, 6.07) is 16.1. The summed E-state index contributed by atoms with van der Waals surface area (Å²) in [5, 5.41) is 13.3. The Hall–Kier alpha value is -3.44. The molecule has 1 atom stereocenters. The van der Waals surface area contributed by atoms with E-state index in [0.29, 0.717) is 43.0 Å². The minimum Gasteiger partial charge on any atom is -0.411 e. The van der Waals surface area contributed by atoms with Gasteiger partial charge in [-0.1, -0.05) is 35.5 Å². The van der Waals surface area contributed by atoms with Crippen LogP contribution in [-0.2, 0) is 16.2 Å². The zero-order chi connectivity index (χ0) is 27.5. The molecule has 2 heterocycles. The van der Waals surface area contributed by atoms with Gasteiger partial charge in [0, 0.05) is 61.7 Å². The third-order valence-electron chi connectivity index (χ3n) is 6.76. The Balaban J connectivity index is 1.68. The Morgan fingerprint density at radius 2 is 1.71 bits per heavy atom. The number of hydrogen-bond acceptors (Lipinski definition) is 6. The number of aryl methyl sites for hydroxylation is 1. The predicted molar refractivity (Wildman–Crippen MR) is 140 cm³/mol. The Bertz CT molecular complexity index is 1400. The summed E-state index contributed by atoms with van der Waals surface area (Å²) in [4.78, 5) is 6.19. The van der Waals surface area contributed by atoms with Gasteiger partial charge in [-0.15, -0.1) is 0 Å². The Morgan fingerprint density at radius 1 is 1.05 bits per heavy atom. The zero-order valence-electron chi connectivity index (χ0n) is 21.1. The third-order valence-corrected chi connectivity index (χ3v) is 8.06. The molecule has 0 amide bonds. The highest BCUT2D eigenvalue weighted by molar-refractivity contribution is 7.88. The molecule has 7 nitrogen and oxygen atoms in total. The van der Waals surface area contributed by atoms with Crippen molar-refractivity contribution < 1.29 is 26.8 Å². The van der Waals surface area contributed by atoms with Gasteiger partial charge in [0.05, 0.1) is 17.5 Å². The molecule has 1 aromatic heterocycles. The maximum absolute atomic E-state index is 14.0. The SMILES string of the molecule is Cc1cc(/C(CC(c2ccc(N3CCN(S(C)(=O)=O)CC3)cc2)c2ccccc2C(F)(F)F)=N\O)ccn1. The number of nitrogens with zero attached hydrogens (tertiary/aromatic N) is 4. The van der Waals surface area contributed by atoms with E-state index in [0.717, 1.165) is 11.8 Å². The molecule has 38 heavy (non-hydrogen) atoms. The molecule has 0 saturated carbocycles. The average molecular weight is 547 g/mol. The van der Waals surface area contributed by atoms with E-state index in [-0.39, 0.29) is 17.7 Å². The monoisotopic (exact) mass is 546 g/mol. The molecule has 0 bridgehead atoms. The lowest BCUT2D eigenvalue weighted by Crippen LogP contribution is -2.48. The van der Waals surface area contributed by atoms with Crippen LogP contribution in [0.5, 0.6) is 0 Å². The summed E-state index contributed by atoms with van der Waals surface area (Å²) >= 11 is 0. The van der Waals surface area contributed by atoms with Crippen molar-refractivity contribution in [1.29, 1.82) is 0 Å². The van der Waals surface area contributed by atoms with Gasteiger partial charge < -0.3 is 10.1 Å². The summed E-state index contributed by atoms with van der Waals surface area (Å²) in [7, 11) is -3.26. The van der Waals surface area contributed by atoms with Crippen molar-refractivity contribution in [3.63, 3.8) is 0 Å². The molecule has 3 aromatic rings. The lowest BCUT2D eigenvalue weighted by atomic mass is 9.83. The van der Waals surface area contributed by atoms with E-state index < -0.39 is 27.7 Å². The van der Waals surface area contributed by atoms with Gasteiger partial charge in [-0.2, -0.15) is 17.5 Å². The highest BCUT2D eigenvalue weighted by Gasteiger charge is 2.36. The molecule has 202 valence electrons. The lowest BCUT2D eigenvalue weighted by Gasteiger charge is -2.35. The van der Waals surface area contributed by atoms with Crippen LogP contribution in [0.15, 0.2) is 72.0 Å². The molecule has 0 aliphatic carbocycles. The Labute approximate surface area is 220 Å². The van der Waals surface area contributed by atoms with Crippen LogP contribution in [0.25, 0.3) is 0 Å². The molecule has 1 aliphatic rings. The second-order valence-corrected chi connectivity index (χ2v) is 11.3. The number of benzene rings is 2. The standard InChI is InChI=1S/C27H29F3N4O3S/c1-19-17-21(11-12-31-19)26(32-35)18-24(23-5-3-4-6-25(23)27(28,29)30)20-7-9-22(10-8-20)33-13-15-34(16-14-33)38(2,36)37/h3-12,17,24,35H,13-16,18H2,1-2H3/b32-26-.